The molecule has 5 heteroatoms. The van der Waals surface area contributed by atoms with Crippen molar-refractivity contribution in [2.24, 2.45) is 0 Å². The van der Waals surface area contributed by atoms with Gasteiger partial charge >= 0.3 is 0 Å². The van der Waals surface area contributed by atoms with Gasteiger partial charge in [-0.2, -0.15) is 5.26 Å². The van der Waals surface area contributed by atoms with Crippen LogP contribution in [0.15, 0.2) is 0 Å². The van der Waals surface area contributed by atoms with Crippen molar-refractivity contribution in [2.75, 3.05) is 6.61 Å². The molecule has 0 spiro atoms. The number of hydrogen-bond acceptors (Lipinski definition) is 4. The maximum absolute atomic E-state index is 9.74. The van der Waals surface area contributed by atoms with Crippen LogP contribution in [0.3, 0.4) is 0 Å². The Morgan fingerprint density at radius 3 is 2.21 bits per heavy atom. The molecule has 0 saturated carbocycles. The standard InChI is InChI=1S/C9H19N2O2P/c1-8(2)11(9(3)4)14(12)13-7-5-6-10/h8-9,12H,5,7H2,1-4H3/t14-/m0/s1. The number of nitrogens with zero attached hydrogens (tertiary/aromatic N) is 2. The van der Waals surface area contributed by atoms with Gasteiger partial charge in [-0.1, -0.05) is 0 Å². The highest BCUT2D eigenvalue weighted by Crippen LogP contribution is 2.40. The molecule has 0 saturated heterocycles. The van der Waals surface area contributed by atoms with Crippen molar-refractivity contribution >= 4 is 8.53 Å². The van der Waals surface area contributed by atoms with Crippen LogP contribution in [0.1, 0.15) is 34.1 Å². The quantitative estimate of drug-likeness (QED) is 0.548. The molecule has 0 aromatic heterocycles. The van der Waals surface area contributed by atoms with Crippen LogP contribution >= 0.6 is 8.53 Å². The Labute approximate surface area is 87.4 Å². The van der Waals surface area contributed by atoms with E-state index in [1.807, 2.05) is 38.4 Å². The molecule has 4 nitrogen and oxygen atoms in total. The topological polar surface area (TPSA) is 56.5 Å². The van der Waals surface area contributed by atoms with E-state index in [0.29, 0.717) is 13.0 Å². The predicted molar refractivity (Wildman–Crippen MR) is 57.4 cm³/mol. The molecular formula is C9H19N2O2P. The fourth-order valence-corrected chi connectivity index (χ4v) is 2.41. The molecule has 0 aliphatic carbocycles. The zero-order valence-corrected chi connectivity index (χ0v) is 10.2. The molecule has 0 aliphatic rings. The van der Waals surface area contributed by atoms with Gasteiger partial charge in [0.1, 0.15) is 0 Å². The molecule has 0 unspecified atom stereocenters. The summed E-state index contributed by atoms with van der Waals surface area (Å²) in [4.78, 5) is 9.74. The monoisotopic (exact) mass is 218 g/mol. The lowest BCUT2D eigenvalue weighted by molar-refractivity contribution is 0.215. The van der Waals surface area contributed by atoms with Crippen molar-refractivity contribution in [3.05, 3.63) is 0 Å². The van der Waals surface area contributed by atoms with Gasteiger partial charge in [0.25, 0.3) is 8.53 Å². The lowest BCUT2D eigenvalue weighted by atomic mass is 10.3. The number of rotatable bonds is 6. The zero-order valence-electron chi connectivity index (χ0n) is 9.27. The van der Waals surface area contributed by atoms with Crippen molar-refractivity contribution in [3.8, 4) is 6.07 Å². The Morgan fingerprint density at radius 2 is 1.86 bits per heavy atom. The second-order valence-electron chi connectivity index (χ2n) is 3.56. The van der Waals surface area contributed by atoms with E-state index in [4.69, 9.17) is 9.79 Å². The van der Waals surface area contributed by atoms with Crippen molar-refractivity contribution < 1.29 is 9.42 Å². The van der Waals surface area contributed by atoms with E-state index in [1.165, 1.54) is 0 Å². The smallest absolute Gasteiger partial charge is 0.256 e. The van der Waals surface area contributed by atoms with Gasteiger partial charge in [-0.3, -0.25) is 0 Å². The van der Waals surface area contributed by atoms with Gasteiger partial charge in [-0.05, 0) is 27.7 Å². The van der Waals surface area contributed by atoms with Crippen molar-refractivity contribution in [1.29, 1.82) is 5.26 Å². The van der Waals surface area contributed by atoms with Crippen molar-refractivity contribution in [3.63, 3.8) is 0 Å². The van der Waals surface area contributed by atoms with Crippen LogP contribution < -0.4 is 0 Å². The largest absolute Gasteiger partial charge is 0.338 e. The van der Waals surface area contributed by atoms with Crippen LogP contribution in [0, 0.1) is 11.3 Å². The van der Waals surface area contributed by atoms with Gasteiger partial charge in [-0.25, -0.2) is 4.67 Å². The van der Waals surface area contributed by atoms with Gasteiger partial charge in [0, 0.05) is 12.1 Å². The van der Waals surface area contributed by atoms with Crippen LogP contribution in [0.2, 0.25) is 0 Å². The summed E-state index contributed by atoms with van der Waals surface area (Å²) in [5.74, 6) is 0. The lowest BCUT2D eigenvalue weighted by Gasteiger charge is -2.32. The highest BCUT2D eigenvalue weighted by molar-refractivity contribution is 7.43. The maximum atomic E-state index is 9.74. The highest BCUT2D eigenvalue weighted by atomic mass is 31.2. The molecule has 0 aromatic carbocycles. The third-order valence-corrected chi connectivity index (χ3v) is 3.41. The third kappa shape index (κ3) is 4.88. The van der Waals surface area contributed by atoms with E-state index in [2.05, 4.69) is 0 Å². The summed E-state index contributed by atoms with van der Waals surface area (Å²) < 4.78 is 7.10. The fourth-order valence-electron chi connectivity index (χ4n) is 1.23. The summed E-state index contributed by atoms with van der Waals surface area (Å²) in [6, 6.07) is 2.46. The minimum atomic E-state index is -1.55. The molecule has 14 heavy (non-hydrogen) atoms. The second-order valence-corrected chi connectivity index (χ2v) is 4.79. The molecule has 1 atom stereocenters. The first-order valence-corrected chi connectivity index (χ1v) is 5.94. The molecule has 0 rings (SSSR count). The van der Waals surface area contributed by atoms with E-state index in [-0.39, 0.29) is 12.1 Å². The average Bonchev–Trinajstić information content (AvgIpc) is 2.03. The van der Waals surface area contributed by atoms with Gasteiger partial charge in [-0.15, -0.1) is 0 Å². The first-order chi connectivity index (χ1) is 6.50. The summed E-state index contributed by atoms with van der Waals surface area (Å²) in [6.07, 6.45) is 0.323. The van der Waals surface area contributed by atoms with Crippen LogP contribution in [0.5, 0.6) is 0 Å². The van der Waals surface area contributed by atoms with Crippen molar-refractivity contribution in [2.45, 2.75) is 46.2 Å². The molecular weight excluding hydrogens is 199 g/mol. The summed E-state index contributed by atoms with van der Waals surface area (Å²) in [5, 5.41) is 8.32. The Balaban J connectivity index is 4.03. The lowest BCUT2D eigenvalue weighted by Crippen LogP contribution is -2.32. The van der Waals surface area contributed by atoms with Gasteiger partial charge in [0.05, 0.1) is 19.1 Å². The van der Waals surface area contributed by atoms with Crippen LogP contribution in [0.4, 0.5) is 0 Å². The van der Waals surface area contributed by atoms with Gasteiger partial charge in [0.2, 0.25) is 0 Å². The summed E-state index contributed by atoms with van der Waals surface area (Å²) >= 11 is 0. The summed E-state index contributed by atoms with van der Waals surface area (Å²) in [6.45, 7) is 8.35. The normalized spacial score (nSPS) is 13.6. The molecule has 0 heterocycles. The zero-order chi connectivity index (χ0) is 11.1. The third-order valence-electron chi connectivity index (χ3n) is 1.68. The second kappa shape index (κ2) is 7.14. The van der Waals surface area contributed by atoms with Crippen LogP contribution in [-0.2, 0) is 4.52 Å². The Morgan fingerprint density at radius 1 is 1.36 bits per heavy atom. The molecule has 82 valence electrons. The highest BCUT2D eigenvalue weighted by Gasteiger charge is 2.23. The molecule has 0 bridgehead atoms. The average molecular weight is 218 g/mol. The Hall–Kier alpha value is -0.200. The molecule has 0 radical (unpaired) electrons. The first kappa shape index (κ1) is 13.8. The minimum Gasteiger partial charge on any atom is -0.338 e. The van der Waals surface area contributed by atoms with E-state index < -0.39 is 8.53 Å². The van der Waals surface area contributed by atoms with Crippen LogP contribution in [-0.4, -0.2) is 28.3 Å². The van der Waals surface area contributed by atoms with Gasteiger partial charge < -0.3 is 9.42 Å². The molecule has 0 fully saturated rings. The number of nitriles is 1. The maximum Gasteiger partial charge on any atom is 0.256 e. The molecule has 0 amide bonds. The Kier molecular flexibility index (Phi) is 7.04. The van der Waals surface area contributed by atoms with E-state index in [1.54, 1.807) is 0 Å². The van der Waals surface area contributed by atoms with Crippen LogP contribution in [0.25, 0.3) is 0 Å². The fraction of sp³-hybridized carbons (Fsp3) is 0.889. The predicted octanol–water partition coefficient (Wildman–Crippen LogP) is 2.25. The van der Waals surface area contributed by atoms with E-state index in [9.17, 15) is 4.89 Å². The molecule has 0 aromatic rings. The van der Waals surface area contributed by atoms with Crippen molar-refractivity contribution in [1.82, 2.24) is 4.67 Å². The summed E-state index contributed by atoms with van der Waals surface area (Å²) in [5.41, 5.74) is 0. The number of hydrogen-bond donors (Lipinski definition) is 1. The molecule has 1 N–H and O–H groups in total. The first-order valence-electron chi connectivity index (χ1n) is 4.77. The van der Waals surface area contributed by atoms with E-state index >= 15 is 0 Å². The molecule has 0 aliphatic heterocycles. The Bertz CT molecular complexity index is 184. The summed E-state index contributed by atoms with van der Waals surface area (Å²) in [7, 11) is -1.55. The van der Waals surface area contributed by atoms with Gasteiger partial charge in [0.15, 0.2) is 0 Å². The minimum absolute atomic E-state index is 0.244. The SMILES string of the molecule is CC(C)N(C(C)C)[P@@](O)OCCC#N. The van der Waals surface area contributed by atoms with E-state index in [0.717, 1.165) is 0 Å².